The molecule has 2 heterocycles. The fourth-order valence-electron chi connectivity index (χ4n) is 2.24. The second-order valence-corrected chi connectivity index (χ2v) is 7.44. The molecule has 1 aromatic carbocycles. The lowest BCUT2D eigenvalue weighted by Gasteiger charge is -2.05. The predicted molar refractivity (Wildman–Crippen MR) is 97.3 cm³/mol. The summed E-state index contributed by atoms with van der Waals surface area (Å²) in [5.41, 5.74) is 2.07. The van der Waals surface area contributed by atoms with Crippen LogP contribution in [0.3, 0.4) is 0 Å². The van der Waals surface area contributed by atoms with E-state index in [-0.39, 0.29) is 5.91 Å². The molecule has 0 fully saturated rings. The number of para-hydroxylation sites is 1. The van der Waals surface area contributed by atoms with Gasteiger partial charge in [-0.05, 0) is 31.5 Å². The van der Waals surface area contributed by atoms with Gasteiger partial charge in [-0.15, -0.1) is 23.1 Å². The number of anilines is 1. The van der Waals surface area contributed by atoms with Gasteiger partial charge in [0.15, 0.2) is 0 Å². The van der Waals surface area contributed by atoms with E-state index in [9.17, 15) is 4.79 Å². The number of nitrogens with zero attached hydrogens (tertiary/aromatic N) is 2. The van der Waals surface area contributed by atoms with E-state index >= 15 is 0 Å². The first-order valence-corrected chi connectivity index (χ1v) is 9.14. The van der Waals surface area contributed by atoms with Crippen LogP contribution in [0.15, 0.2) is 41.7 Å². The van der Waals surface area contributed by atoms with Crippen molar-refractivity contribution in [3.05, 3.63) is 47.1 Å². The normalized spacial score (nSPS) is 10.9. The van der Waals surface area contributed by atoms with E-state index in [0.29, 0.717) is 12.2 Å². The quantitative estimate of drug-likeness (QED) is 0.550. The van der Waals surface area contributed by atoms with Crippen LogP contribution in [0.2, 0.25) is 0 Å². The molecular formula is C17H17N3OS2. The van der Waals surface area contributed by atoms with Crippen molar-refractivity contribution in [3.8, 4) is 0 Å². The molecule has 0 aliphatic carbocycles. The van der Waals surface area contributed by atoms with Crippen molar-refractivity contribution in [1.82, 2.24) is 9.97 Å². The second kappa shape index (κ2) is 7.10. The molecule has 0 spiro atoms. The Balaban J connectivity index is 1.62. The maximum atomic E-state index is 12.0. The van der Waals surface area contributed by atoms with Crippen LogP contribution in [0, 0.1) is 13.8 Å². The van der Waals surface area contributed by atoms with Crippen molar-refractivity contribution in [3.63, 3.8) is 0 Å². The van der Waals surface area contributed by atoms with Crippen LogP contribution in [-0.4, -0.2) is 21.6 Å². The van der Waals surface area contributed by atoms with Gasteiger partial charge in [0.25, 0.3) is 0 Å². The van der Waals surface area contributed by atoms with E-state index in [1.807, 2.05) is 30.3 Å². The molecule has 6 heteroatoms. The molecule has 4 nitrogen and oxygen atoms in total. The van der Waals surface area contributed by atoms with Gasteiger partial charge in [-0.25, -0.2) is 9.97 Å². The number of aryl methyl sites for hydroxylation is 2. The molecule has 0 saturated carbocycles. The maximum Gasteiger partial charge on any atom is 0.225 e. The molecule has 0 atom stereocenters. The van der Waals surface area contributed by atoms with Crippen LogP contribution < -0.4 is 5.32 Å². The lowest BCUT2D eigenvalue weighted by atomic mass is 10.2. The summed E-state index contributed by atoms with van der Waals surface area (Å²) in [4.78, 5) is 23.0. The number of fused-ring (bicyclic) bond motifs is 1. The third-order valence-electron chi connectivity index (χ3n) is 3.56. The number of carbonyl (C=O) groups is 1. The topological polar surface area (TPSA) is 54.9 Å². The van der Waals surface area contributed by atoms with Crippen molar-refractivity contribution in [2.45, 2.75) is 25.3 Å². The Morgan fingerprint density at radius 3 is 2.78 bits per heavy atom. The Labute approximate surface area is 143 Å². The fourth-order valence-corrected chi connectivity index (χ4v) is 4.30. The Kier molecular flexibility index (Phi) is 4.93. The molecule has 0 saturated heterocycles. The Morgan fingerprint density at radius 2 is 2.00 bits per heavy atom. The Morgan fingerprint density at radius 1 is 1.22 bits per heavy atom. The smallest absolute Gasteiger partial charge is 0.225 e. The summed E-state index contributed by atoms with van der Waals surface area (Å²) < 4.78 is 0. The molecular weight excluding hydrogens is 326 g/mol. The number of benzene rings is 1. The number of amides is 1. The number of aromatic nitrogens is 2. The number of thioether (sulfide) groups is 1. The number of rotatable bonds is 5. The monoisotopic (exact) mass is 343 g/mol. The highest BCUT2D eigenvalue weighted by Crippen LogP contribution is 2.34. The molecule has 118 valence electrons. The van der Waals surface area contributed by atoms with E-state index in [4.69, 9.17) is 0 Å². The zero-order valence-electron chi connectivity index (χ0n) is 13.0. The molecule has 1 N–H and O–H groups in total. The van der Waals surface area contributed by atoms with Crippen LogP contribution in [-0.2, 0) is 4.79 Å². The van der Waals surface area contributed by atoms with Crippen LogP contribution in [0.1, 0.15) is 16.9 Å². The van der Waals surface area contributed by atoms with E-state index in [1.54, 1.807) is 29.4 Å². The van der Waals surface area contributed by atoms with E-state index in [0.717, 1.165) is 20.9 Å². The first-order chi connectivity index (χ1) is 11.1. The summed E-state index contributed by atoms with van der Waals surface area (Å²) in [7, 11) is 0. The van der Waals surface area contributed by atoms with Gasteiger partial charge in [0.05, 0.1) is 0 Å². The highest BCUT2D eigenvalue weighted by molar-refractivity contribution is 7.99. The van der Waals surface area contributed by atoms with Crippen molar-refractivity contribution in [2.75, 3.05) is 11.1 Å². The molecule has 3 rings (SSSR count). The summed E-state index contributed by atoms with van der Waals surface area (Å²) in [6, 6.07) is 9.51. The van der Waals surface area contributed by atoms with Gasteiger partial charge in [-0.1, -0.05) is 18.2 Å². The van der Waals surface area contributed by atoms with Gasteiger partial charge < -0.3 is 5.32 Å². The predicted octanol–water partition coefficient (Wildman–Crippen LogP) is 4.43. The summed E-state index contributed by atoms with van der Waals surface area (Å²) in [5, 5.41) is 4.99. The van der Waals surface area contributed by atoms with Crippen LogP contribution in [0.4, 0.5) is 5.69 Å². The summed E-state index contributed by atoms with van der Waals surface area (Å²) in [5.74, 6) is 0.714. The molecule has 23 heavy (non-hydrogen) atoms. The van der Waals surface area contributed by atoms with Crippen molar-refractivity contribution in [1.29, 1.82) is 0 Å². The summed E-state index contributed by atoms with van der Waals surface area (Å²) in [6.07, 6.45) is 2.05. The van der Waals surface area contributed by atoms with Gasteiger partial charge in [0.1, 0.15) is 16.2 Å². The summed E-state index contributed by atoms with van der Waals surface area (Å²) >= 11 is 3.30. The van der Waals surface area contributed by atoms with E-state index in [2.05, 4.69) is 29.1 Å². The van der Waals surface area contributed by atoms with Gasteiger partial charge in [0, 0.05) is 28.1 Å². The summed E-state index contributed by atoms with van der Waals surface area (Å²) in [6.45, 7) is 4.20. The van der Waals surface area contributed by atoms with Crippen molar-refractivity contribution < 1.29 is 4.79 Å². The highest BCUT2D eigenvalue weighted by Gasteiger charge is 2.12. The largest absolute Gasteiger partial charge is 0.326 e. The third kappa shape index (κ3) is 3.71. The van der Waals surface area contributed by atoms with Gasteiger partial charge in [-0.2, -0.15) is 0 Å². The molecule has 2 aromatic heterocycles. The Bertz CT molecular complexity index is 830. The molecule has 0 unspecified atom stereocenters. The van der Waals surface area contributed by atoms with Gasteiger partial charge >= 0.3 is 0 Å². The fraction of sp³-hybridized carbons (Fsp3) is 0.235. The van der Waals surface area contributed by atoms with Gasteiger partial charge in [-0.3, -0.25) is 4.79 Å². The molecule has 3 aromatic rings. The van der Waals surface area contributed by atoms with Crippen molar-refractivity contribution in [2.24, 2.45) is 0 Å². The minimum Gasteiger partial charge on any atom is -0.326 e. The average Bonchev–Trinajstić information content (AvgIpc) is 2.84. The first kappa shape index (κ1) is 16.0. The molecule has 0 radical (unpaired) electrons. The number of hydrogen-bond acceptors (Lipinski definition) is 5. The lowest BCUT2D eigenvalue weighted by Crippen LogP contribution is -2.12. The highest BCUT2D eigenvalue weighted by atomic mass is 32.2. The van der Waals surface area contributed by atoms with Crippen LogP contribution >= 0.6 is 23.1 Å². The maximum absolute atomic E-state index is 12.0. The number of thiophene rings is 1. The lowest BCUT2D eigenvalue weighted by molar-refractivity contribution is -0.115. The first-order valence-electron chi connectivity index (χ1n) is 7.33. The minimum absolute atomic E-state index is 0.0206. The van der Waals surface area contributed by atoms with E-state index < -0.39 is 0 Å². The second-order valence-electron chi connectivity index (χ2n) is 5.15. The number of hydrogen-bond donors (Lipinski definition) is 1. The van der Waals surface area contributed by atoms with Crippen LogP contribution in [0.25, 0.3) is 10.2 Å². The third-order valence-corrected chi connectivity index (χ3v) is 5.66. The van der Waals surface area contributed by atoms with Crippen LogP contribution in [0.5, 0.6) is 0 Å². The van der Waals surface area contributed by atoms with E-state index in [1.165, 1.54) is 10.4 Å². The minimum atomic E-state index is 0.0206. The van der Waals surface area contributed by atoms with Gasteiger partial charge in [0.2, 0.25) is 5.91 Å². The molecule has 0 aliphatic rings. The zero-order chi connectivity index (χ0) is 16.2. The zero-order valence-corrected chi connectivity index (χ0v) is 14.6. The molecule has 0 bridgehead atoms. The number of carbonyl (C=O) groups excluding carboxylic acids is 1. The molecule has 0 aliphatic heterocycles. The molecule has 1 amide bonds. The Hall–Kier alpha value is -1.92. The average molecular weight is 343 g/mol. The standard InChI is InChI=1S/C17H17N3OS2/c1-11-12(2)23-17-15(11)16(18-10-19-17)22-9-8-14(21)20-13-6-4-3-5-7-13/h3-7,10H,8-9H2,1-2H3,(H,20,21). The van der Waals surface area contributed by atoms with Crippen molar-refractivity contribution >= 4 is 44.9 Å². The SMILES string of the molecule is Cc1sc2ncnc(SCCC(=O)Nc3ccccc3)c2c1C. The number of nitrogens with one attached hydrogen (secondary N) is 1.